The van der Waals surface area contributed by atoms with Gasteiger partial charge in [-0.2, -0.15) is 0 Å². The molecule has 3 nitrogen and oxygen atoms in total. The quantitative estimate of drug-likeness (QED) is 0.613. The molecule has 0 heterocycles. The van der Waals surface area contributed by atoms with Gasteiger partial charge in [0.15, 0.2) is 0 Å². The monoisotopic (exact) mass is 420 g/mol. The SMILES string of the molecule is CC(C)c1c(O)c(I)c(O)c(I)c1O. The highest BCUT2D eigenvalue weighted by molar-refractivity contribution is 14.1. The zero-order valence-electron chi connectivity index (χ0n) is 7.67. The molecule has 0 aliphatic carbocycles. The molecule has 0 aliphatic rings. The molecule has 0 aliphatic heterocycles. The van der Waals surface area contributed by atoms with Gasteiger partial charge in [-0.3, -0.25) is 0 Å². The molecule has 0 atom stereocenters. The van der Waals surface area contributed by atoms with Crippen molar-refractivity contribution in [3.8, 4) is 17.2 Å². The van der Waals surface area contributed by atoms with E-state index in [4.69, 9.17) is 0 Å². The average Bonchev–Trinajstić information content (AvgIpc) is 2.11. The summed E-state index contributed by atoms with van der Waals surface area (Å²) in [5.41, 5.74) is 0.483. The lowest BCUT2D eigenvalue weighted by molar-refractivity contribution is 0.406. The minimum atomic E-state index is -0.0643. The first-order valence-corrected chi connectivity index (χ1v) is 6.15. The second-order valence-corrected chi connectivity index (χ2v) is 5.40. The fraction of sp³-hybridized carbons (Fsp3) is 0.333. The highest BCUT2D eigenvalue weighted by Gasteiger charge is 2.22. The van der Waals surface area contributed by atoms with E-state index in [0.29, 0.717) is 12.7 Å². The van der Waals surface area contributed by atoms with Crippen molar-refractivity contribution in [3.05, 3.63) is 12.7 Å². The summed E-state index contributed by atoms with van der Waals surface area (Å²) in [7, 11) is 0. The van der Waals surface area contributed by atoms with E-state index in [0.717, 1.165) is 0 Å². The molecule has 0 fully saturated rings. The smallest absolute Gasteiger partial charge is 0.149 e. The molecule has 0 radical (unpaired) electrons. The number of benzene rings is 1. The maximum Gasteiger partial charge on any atom is 0.149 e. The number of phenols is 3. The van der Waals surface area contributed by atoms with Crippen LogP contribution in [0.2, 0.25) is 0 Å². The summed E-state index contributed by atoms with van der Waals surface area (Å²) in [5.74, 6) is -0.115. The Morgan fingerprint density at radius 2 is 1.21 bits per heavy atom. The standard InChI is InChI=1S/C9H10I2O3/c1-3(2)4-7(12)5(10)9(14)6(11)8(4)13/h3,12-14H,1-2H3. The molecule has 1 aromatic rings. The molecule has 0 amide bonds. The van der Waals surface area contributed by atoms with Crippen molar-refractivity contribution in [1.29, 1.82) is 0 Å². The van der Waals surface area contributed by atoms with Gasteiger partial charge >= 0.3 is 0 Å². The largest absolute Gasteiger partial charge is 0.506 e. The summed E-state index contributed by atoms with van der Waals surface area (Å²) in [6.07, 6.45) is 0. The van der Waals surface area contributed by atoms with Gasteiger partial charge in [0.1, 0.15) is 17.2 Å². The van der Waals surface area contributed by atoms with Gasteiger partial charge in [0.25, 0.3) is 0 Å². The molecule has 1 rings (SSSR count). The molecule has 0 spiro atoms. The Hall–Kier alpha value is 0.0800. The van der Waals surface area contributed by atoms with Gasteiger partial charge in [-0.25, -0.2) is 0 Å². The van der Waals surface area contributed by atoms with Gasteiger partial charge in [0, 0.05) is 5.56 Å². The van der Waals surface area contributed by atoms with Gasteiger partial charge in [0.2, 0.25) is 0 Å². The van der Waals surface area contributed by atoms with Crippen LogP contribution in [0.15, 0.2) is 0 Å². The van der Waals surface area contributed by atoms with E-state index >= 15 is 0 Å². The Labute approximate surface area is 109 Å². The van der Waals surface area contributed by atoms with Gasteiger partial charge < -0.3 is 15.3 Å². The summed E-state index contributed by atoms with van der Waals surface area (Å²) >= 11 is 3.71. The lowest BCUT2D eigenvalue weighted by Crippen LogP contribution is -1.94. The molecule has 0 saturated carbocycles. The first-order chi connectivity index (χ1) is 6.37. The molecule has 0 bridgehead atoms. The van der Waals surface area contributed by atoms with Crippen LogP contribution in [0.5, 0.6) is 17.2 Å². The van der Waals surface area contributed by atoms with E-state index in [-0.39, 0.29) is 23.2 Å². The van der Waals surface area contributed by atoms with Crippen LogP contribution < -0.4 is 0 Å². The fourth-order valence-corrected chi connectivity index (χ4v) is 2.85. The van der Waals surface area contributed by atoms with E-state index in [1.807, 2.05) is 59.0 Å². The summed E-state index contributed by atoms with van der Waals surface area (Å²) in [6, 6.07) is 0. The Kier molecular flexibility index (Phi) is 3.73. The maximum absolute atomic E-state index is 9.72. The van der Waals surface area contributed by atoms with Crippen LogP contribution in [0.25, 0.3) is 0 Å². The van der Waals surface area contributed by atoms with Crippen molar-refractivity contribution < 1.29 is 15.3 Å². The van der Waals surface area contributed by atoms with E-state index in [2.05, 4.69) is 0 Å². The van der Waals surface area contributed by atoms with Gasteiger partial charge in [-0.05, 0) is 51.1 Å². The Bertz CT molecular complexity index is 346. The van der Waals surface area contributed by atoms with Crippen LogP contribution in [0.4, 0.5) is 0 Å². The van der Waals surface area contributed by atoms with Crippen molar-refractivity contribution >= 4 is 45.2 Å². The van der Waals surface area contributed by atoms with Crippen LogP contribution >= 0.6 is 45.2 Å². The summed E-state index contributed by atoms with van der Waals surface area (Å²) in [4.78, 5) is 0. The molecule has 78 valence electrons. The predicted molar refractivity (Wildman–Crippen MR) is 71.0 cm³/mol. The third-order valence-electron chi connectivity index (χ3n) is 1.92. The van der Waals surface area contributed by atoms with Crippen molar-refractivity contribution in [1.82, 2.24) is 0 Å². The topological polar surface area (TPSA) is 60.7 Å². The lowest BCUT2D eigenvalue weighted by Gasteiger charge is -2.15. The minimum Gasteiger partial charge on any atom is -0.506 e. The highest BCUT2D eigenvalue weighted by atomic mass is 127. The number of halogens is 2. The minimum absolute atomic E-state index is 0.0117. The molecule has 14 heavy (non-hydrogen) atoms. The molecule has 0 aromatic heterocycles. The Balaban J connectivity index is 3.60. The first kappa shape index (κ1) is 12.2. The molecule has 5 heteroatoms. The first-order valence-electron chi connectivity index (χ1n) is 3.99. The van der Waals surface area contributed by atoms with Gasteiger partial charge in [-0.1, -0.05) is 13.8 Å². The van der Waals surface area contributed by atoms with E-state index in [9.17, 15) is 15.3 Å². The fourth-order valence-electron chi connectivity index (χ4n) is 1.22. The van der Waals surface area contributed by atoms with Crippen LogP contribution in [0.3, 0.4) is 0 Å². The molecule has 0 unspecified atom stereocenters. The molecular weight excluding hydrogens is 410 g/mol. The van der Waals surface area contributed by atoms with Crippen LogP contribution in [0, 0.1) is 7.14 Å². The van der Waals surface area contributed by atoms with Crippen LogP contribution in [0.1, 0.15) is 25.3 Å². The molecular formula is C9H10I2O3. The maximum atomic E-state index is 9.72. The summed E-state index contributed by atoms with van der Waals surface area (Å²) in [6.45, 7) is 3.75. The number of rotatable bonds is 1. The Morgan fingerprint density at radius 3 is 1.50 bits per heavy atom. The third-order valence-corrected chi connectivity index (χ3v) is 3.96. The molecule has 1 aromatic carbocycles. The van der Waals surface area contributed by atoms with Crippen molar-refractivity contribution in [2.45, 2.75) is 19.8 Å². The summed E-state index contributed by atoms with van der Waals surface area (Å²) < 4.78 is 0.766. The van der Waals surface area contributed by atoms with E-state index in [1.165, 1.54) is 0 Å². The van der Waals surface area contributed by atoms with Crippen molar-refractivity contribution in [2.24, 2.45) is 0 Å². The van der Waals surface area contributed by atoms with Crippen LogP contribution in [-0.4, -0.2) is 15.3 Å². The predicted octanol–water partition coefficient (Wildman–Crippen LogP) is 3.14. The highest BCUT2D eigenvalue weighted by Crippen LogP contribution is 2.45. The zero-order valence-corrected chi connectivity index (χ0v) is 12.0. The van der Waals surface area contributed by atoms with Crippen molar-refractivity contribution in [3.63, 3.8) is 0 Å². The average molecular weight is 420 g/mol. The molecule has 0 saturated heterocycles. The second-order valence-electron chi connectivity index (χ2n) is 3.24. The number of hydrogen-bond acceptors (Lipinski definition) is 3. The second kappa shape index (κ2) is 4.30. The Morgan fingerprint density at radius 1 is 0.857 bits per heavy atom. The van der Waals surface area contributed by atoms with E-state index in [1.54, 1.807) is 0 Å². The zero-order chi connectivity index (χ0) is 11.0. The number of hydrogen-bond donors (Lipinski definition) is 3. The third kappa shape index (κ3) is 1.88. The van der Waals surface area contributed by atoms with E-state index < -0.39 is 0 Å². The van der Waals surface area contributed by atoms with Gasteiger partial charge in [0.05, 0.1) is 7.14 Å². The normalized spacial score (nSPS) is 10.9. The van der Waals surface area contributed by atoms with Crippen molar-refractivity contribution in [2.75, 3.05) is 0 Å². The number of phenolic OH excluding ortho intramolecular Hbond substituents is 3. The summed E-state index contributed by atoms with van der Waals surface area (Å²) in [5, 5.41) is 29.0. The number of aromatic hydroxyl groups is 3. The molecule has 3 N–H and O–H groups in total. The lowest BCUT2D eigenvalue weighted by atomic mass is 10.0. The van der Waals surface area contributed by atoms with Crippen LogP contribution in [-0.2, 0) is 0 Å². The van der Waals surface area contributed by atoms with Gasteiger partial charge in [-0.15, -0.1) is 0 Å².